The van der Waals surface area contributed by atoms with E-state index in [1.54, 1.807) is 18.0 Å². The molecule has 1 heterocycles. The van der Waals surface area contributed by atoms with Gasteiger partial charge in [0.2, 0.25) is 0 Å². The van der Waals surface area contributed by atoms with Crippen molar-refractivity contribution >= 4 is 27.7 Å². The van der Waals surface area contributed by atoms with E-state index < -0.39 is 6.10 Å². The Kier molecular flexibility index (Phi) is 4.80. The van der Waals surface area contributed by atoms with E-state index in [1.807, 2.05) is 37.3 Å². The van der Waals surface area contributed by atoms with Crippen molar-refractivity contribution in [1.82, 2.24) is 4.98 Å². The van der Waals surface area contributed by atoms with Gasteiger partial charge in [0.15, 0.2) is 0 Å². The summed E-state index contributed by atoms with van der Waals surface area (Å²) >= 11 is 5.17. The number of aliphatic hydroxyl groups excluding tert-OH is 1. The van der Waals surface area contributed by atoms with Gasteiger partial charge in [0.1, 0.15) is 0 Å². The zero-order chi connectivity index (χ0) is 13.0. The molecule has 1 aromatic carbocycles. The summed E-state index contributed by atoms with van der Waals surface area (Å²) < 4.78 is 1.08. The summed E-state index contributed by atoms with van der Waals surface area (Å²) in [7, 11) is 0. The van der Waals surface area contributed by atoms with Crippen LogP contribution in [0, 0.1) is 0 Å². The number of aliphatic hydroxyl groups is 1. The van der Waals surface area contributed by atoms with Crippen LogP contribution in [0.4, 0.5) is 0 Å². The average molecular weight is 324 g/mol. The van der Waals surface area contributed by atoms with Crippen LogP contribution < -0.4 is 0 Å². The smallest absolute Gasteiger partial charge is 0.0957 e. The minimum absolute atomic E-state index is 0.465. The number of halogens is 1. The lowest BCUT2D eigenvalue weighted by Gasteiger charge is -2.08. The van der Waals surface area contributed by atoms with Crippen LogP contribution in [0.3, 0.4) is 0 Å². The third-order valence-corrected chi connectivity index (χ3v) is 4.56. The van der Waals surface area contributed by atoms with E-state index in [2.05, 4.69) is 27.0 Å². The predicted octanol–water partition coefficient (Wildman–Crippen LogP) is 4.44. The summed E-state index contributed by atoms with van der Waals surface area (Å²) in [6, 6.07) is 12.0. The van der Waals surface area contributed by atoms with Crippen molar-refractivity contribution in [1.29, 1.82) is 0 Å². The van der Waals surface area contributed by atoms with Gasteiger partial charge in [0.05, 0.1) is 11.8 Å². The topological polar surface area (TPSA) is 33.1 Å². The van der Waals surface area contributed by atoms with E-state index in [0.29, 0.717) is 6.42 Å². The number of pyridine rings is 1. The first-order chi connectivity index (χ1) is 8.70. The first-order valence-electron chi connectivity index (χ1n) is 5.77. The largest absolute Gasteiger partial charge is 0.387 e. The van der Waals surface area contributed by atoms with Crippen molar-refractivity contribution in [2.45, 2.75) is 29.2 Å². The molecule has 0 fully saturated rings. The Bertz CT molecular complexity index is 515. The summed E-state index contributed by atoms with van der Waals surface area (Å²) in [5.74, 6) is 0. The van der Waals surface area contributed by atoms with Crippen LogP contribution in [-0.4, -0.2) is 10.1 Å². The minimum Gasteiger partial charge on any atom is -0.387 e. The van der Waals surface area contributed by atoms with E-state index in [-0.39, 0.29) is 0 Å². The molecule has 0 saturated carbocycles. The average Bonchev–Trinajstić information content (AvgIpc) is 2.41. The molecule has 0 aliphatic rings. The van der Waals surface area contributed by atoms with Gasteiger partial charge in [-0.05, 0) is 46.6 Å². The Hall–Kier alpha value is -0.840. The maximum Gasteiger partial charge on any atom is 0.0957 e. The van der Waals surface area contributed by atoms with Crippen LogP contribution in [0.1, 0.15) is 25.1 Å². The summed E-state index contributed by atoms with van der Waals surface area (Å²) in [6.45, 7) is 1.94. The van der Waals surface area contributed by atoms with Gasteiger partial charge in [-0.3, -0.25) is 4.98 Å². The second kappa shape index (κ2) is 6.36. The predicted molar refractivity (Wildman–Crippen MR) is 77.8 cm³/mol. The molecule has 0 unspecified atom stereocenters. The number of hydrogen-bond acceptors (Lipinski definition) is 3. The maximum absolute atomic E-state index is 9.68. The van der Waals surface area contributed by atoms with Crippen LogP contribution in [-0.2, 0) is 0 Å². The quantitative estimate of drug-likeness (QED) is 0.903. The molecule has 2 aromatic rings. The molecular weight excluding hydrogens is 310 g/mol. The molecule has 4 heteroatoms. The van der Waals surface area contributed by atoms with Crippen molar-refractivity contribution in [3.8, 4) is 0 Å². The fourth-order valence-corrected chi connectivity index (χ4v) is 2.85. The Labute approximate surface area is 120 Å². The molecule has 0 bridgehead atoms. The molecule has 18 heavy (non-hydrogen) atoms. The molecule has 0 amide bonds. The maximum atomic E-state index is 9.68. The zero-order valence-electron chi connectivity index (χ0n) is 10.0. The summed E-state index contributed by atoms with van der Waals surface area (Å²) in [4.78, 5) is 6.51. The lowest BCUT2D eigenvalue weighted by molar-refractivity contribution is 0.169. The van der Waals surface area contributed by atoms with Crippen molar-refractivity contribution in [3.63, 3.8) is 0 Å². The van der Waals surface area contributed by atoms with E-state index in [1.165, 1.54) is 0 Å². The normalized spacial score (nSPS) is 12.4. The van der Waals surface area contributed by atoms with Crippen LogP contribution in [0.2, 0.25) is 0 Å². The highest BCUT2D eigenvalue weighted by atomic mass is 79.9. The lowest BCUT2D eigenvalue weighted by atomic mass is 10.2. The highest BCUT2D eigenvalue weighted by Gasteiger charge is 2.07. The molecule has 94 valence electrons. The molecular formula is C14H14BrNOS. The van der Waals surface area contributed by atoms with Crippen LogP contribution in [0.5, 0.6) is 0 Å². The molecule has 0 aliphatic carbocycles. The van der Waals surface area contributed by atoms with Gasteiger partial charge in [-0.2, -0.15) is 0 Å². The molecule has 0 spiro atoms. The first-order valence-corrected chi connectivity index (χ1v) is 7.38. The highest BCUT2D eigenvalue weighted by Crippen LogP contribution is 2.33. The molecule has 0 saturated heterocycles. The van der Waals surface area contributed by atoms with Gasteiger partial charge in [-0.1, -0.05) is 30.8 Å². The summed E-state index contributed by atoms with van der Waals surface area (Å²) in [6.07, 6.45) is 2.02. The van der Waals surface area contributed by atoms with Crippen molar-refractivity contribution < 1.29 is 5.11 Å². The van der Waals surface area contributed by atoms with Crippen molar-refractivity contribution in [2.75, 3.05) is 0 Å². The number of nitrogens with zero attached hydrogens (tertiary/aromatic N) is 1. The molecule has 2 nitrogen and oxygen atoms in total. The Morgan fingerprint density at radius 3 is 2.67 bits per heavy atom. The third kappa shape index (κ3) is 3.34. The van der Waals surface area contributed by atoms with Gasteiger partial charge in [-0.15, -0.1) is 0 Å². The first kappa shape index (κ1) is 13.6. The molecule has 1 aromatic heterocycles. The van der Waals surface area contributed by atoms with Crippen LogP contribution >= 0.6 is 27.7 Å². The monoisotopic (exact) mass is 323 g/mol. The second-order valence-corrected chi connectivity index (χ2v) is 5.84. The lowest BCUT2D eigenvalue weighted by Crippen LogP contribution is -1.97. The Balaban J connectivity index is 2.14. The van der Waals surface area contributed by atoms with Gasteiger partial charge in [0, 0.05) is 20.5 Å². The Morgan fingerprint density at radius 1 is 1.28 bits per heavy atom. The zero-order valence-corrected chi connectivity index (χ0v) is 12.4. The van der Waals surface area contributed by atoms with E-state index >= 15 is 0 Å². The molecule has 0 radical (unpaired) electrons. The Morgan fingerprint density at radius 2 is 2.06 bits per heavy atom. The van der Waals surface area contributed by atoms with Gasteiger partial charge in [-0.25, -0.2) is 0 Å². The second-order valence-electron chi connectivity index (χ2n) is 3.88. The van der Waals surface area contributed by atoms with Gasteiger partial charge >= 0.3 is 0 Å². The minimum atomic E-state index is -0.465. The third-order valence-electron chi connectivity index (χ3n) is 2.55. The number of rotatable bonds is 4. The highest BCUT2D eigenvalue weighted by molar-refractivity contribution is 9.10. The van der Waals surface area contributed by atoms with E-state index in [0.717, 1.165) is 20.0 Å². The molecule has 0 aliphatic heterocycles. The number of aromatic nitrogens is 1. The van der Waals surface area contributed by atoms with E-state index in [4.69, 9.17) is 0 Å². The van der Waals surface area contributed by atoms with Crippen LogP contribution in [0.15, 0.2) is 56.9 Å². The fourth-order valence-electron chi connectivity index (χ4n) is 1.51. The van der Waals surface area contributed by atoms with Crippen LogP contribution in [0.25, 0.3) is 0 Å². The molecule has 1 atom stereocenters. The fraction of sp³-hybridized carbons (Fsp3) is 0.214. The van der Waals surface area contributed by atoms with Gasteiger partial charge < -0.3 is 5.11 Å². The number of benzene rings is 1. The van der Waals surface area contributed by atoms with E-state index in [9.17, 15) is 5.11 Å². The SMILES string of the molecule is CC[C@@H](O)c1ccc(Sc2ccccc2Br)cn1. The summed E-state index contributed by atoms with van der Waals surface area (Å²) in [5.41, 5.74) is 0.731. The van der Waals surface area contributed by atoms with Crippen molar-refractivity contribution in [2.24, 2.45) is 0 Å². The van der Waals surface area contributed by atoms with Gasteiger partial charge in [0.25, 0.3) is 0 Å². The summed E-state index contributed by atoms with van der Waals surface area (Å²) in [5, 5.41) is 9.68. The number of hydrogen-bond donors (Lipinski definition) is 1. The molecule has 2 rings (SSSR count). The molecule has 1 N–H and O–H groups in total. The standard InChI is InChI=1S/C14H14BrNOS/c1-2-13(17)12-8-7-10(9-16-12)18-14-6-4-3-5-11(14)15/h3-9,13,17H,2H2,1H3/t13-/m1/s1. The van der Waals surface area contributed by atoms with Crippen molar-refractivity contribution in [3.05, 3.63) is 52.8 Å².